The Balaban J connectivity index is 2.21. The molecule has 0 amide bonds. The van der Waals surface area contributed by atoms with Gasteiger partial charge in [0.2, 0.25) is 0 Å². The lowest BCUT2D eigenvalue weighted by atomic mass is 10.1. The third-order valence-corrected chi connectivity index (χ3v) is 4.20. The molecule has 1 aromatic heterocycles. The molecule has 0 fully saturated rings. The van der Waals surface area contributed by atoms with Crippen LogP contribution < -0.4 is 9.47 Å². The first kappa shape index (κ1) is 12.9. The Labute approximate surface area is 121 Å². The third kappa shape index (κ3) is 1.91. The molecular formula is C14H13N3O2S. The predicted molar refractivity (Wildman–Crippen MR) is 76.2 cm³/mol. The van der Waals surface area contributed by atoms with Gasteiger partial charge in [0.15, 0.2) is 5.16 Å². The van der Waals surface area contributed by atoms with Gasteiger partial charge in [0.1, 0.15) is 29.0 Å². The Bertz CT molecular complexity index is 703. The van der Waals surface area contributed by atoms with E-state index < -0.39 is 0 Å². The number of hydrogen-bond donors (Lipinski definition) is 0. The minimum absolute atomic E-state index is 0.580. The number of hydrogen-bond acceptors (Lipinski definition) is 5. The Morgan fingerprint density at radius 1 is 1.35 bits per heavy atom. The molecule has 3 rings (SSSR count). The van der Waals surface area contributed by atoms with Crippen LogP contribution >= 0.6 is 11.8 Å². The first-order valence-corrected chi connectivity index (χ1v) is 7.13. The van der Waals surface area contributed by atoms with Crippen molar-refractivity contribution in [1.29, 1.82) is 5.26 Å². The highest BCUT2D eigenvalue weighted by Gasteiger charge is 2.24. The van der Waals surface area contributed by atoms with Crippen molar-refractivity contribution in [2.45, 2.75) is 11.7 Å². The highest BCUT2D eigenvalue weighted by Crippen LogP contribution is 2.38. The number of nitrogens with zero attached hydrogens (tertiary/aromatic N) is 3. The summed E-state index contributed by atoms with van der Waals surface area (Å²) >= 11 is 1.66. The highest BCUT2D eigenvalue weighted by molar-refractivity contribution is 7.99. The van der Waals surface area contributed by atoms with Crippen LogP contribution in [0.25, 0.3) is 11.3 Å². The van der Waals surface area contributed by atoms with Gasteiger partial charge < -0.3 is 14.0 Å². The largest absolute Gasteiger partial charge is 0.497 e. The van der Waals surface area contributed by atoms with Gasteiger partial charge in [0, 0.05) is 17.9 Å². The molecule has 2 heterocycles. The van der Waals surface area contributed by atoms with Gasteiger partial charge in [-0.1, -0.05) is 11.8 Å². The Morgan fingerprint density at radius 2 is 2.20 bits per heavy atom. The van der Waals surface area contributed by atoms with Crippen LogP contribution in [0.15, 0.2) is 23.4 Å². The van der Waals surface area contributed by atoms with Crippen LogP contribution in [0.1, 0.15) is 5.69 Å². The van der Waals surface area contributed by atoms with Gasteiger partial charge in [-0.05, 0) is 18.2 Å². The van der Waals surface area contributed by atoms with E-state index in [9.17, 15) is 5.26 Å². The summed E-state index contributed by atoms with van der Waals surface area (Å²) in [7, 11) is 3.22. The lowest BCUT2D eigenvalue weighted by molar-refractivity contribution is 0.404. The summed E-state index contributed by atoms with van der Waals surface area (Å²) in [6, 6.07) is 7.76. The summed E-state index contributed by atoms with van der Waals surface area (Å²) in [5.74, 6) is 2.36. The number of methoxy groups -OCH3 is 2. The second kappa shape index (κ2) is 5.10. The van der Waals surface area contributed by atoms with Crippen LogP contribution in [0.5, 0.6) is 11.5 Å². The van der Waals surface area contributed by atoms with Crippen LogP contribution in [-0.2, 0) is 6.54 Å². The minimum atomic E-state index is 0.580. The third-order valence-electron chi connectivity index (χ3n) is 3.25. The van der Waals surface area contributed by atoms with E-state index in [1.165, 1.54) is 0 Å². The average molecular weight is 287 g/mol. The minimum Gasteiger partial charge on any atom is -0.497 e. The van der Waals surface area contributed by atoms with Crippen molar-refractivity contribution in [2.24, 2.45) is 0 Å². The topological polar surface area (TPSA) is 60.1 Å². The van der Waals surface area contributed by atoms with E-state index in [2.05, 4.69) is 11.1 Å². The number of ether oxygens (including phenoxy) is 2. The van der Waals surface area contributed by atoms with E-state index in [0.717, 1.165) is 23.0 Å². The molecule has 102 valence electrons. The second-order valence-corrected chi connectivity index (χ2v) is 5.33. The van der Waals surface area contributed by atoms with Crippen molar-refractivity contribution in [2.75, 3.05) is 20.0 Å². The van der Waals surface area contributed by atoms with Gasteiger partial charge in [-0.3, -0.25) is 0 Å². The van der Waals surface area contributed by atoms with E-state index >= 15 is 0 Å². The lowest BCUT2D eigenvalue weighted by Crippen LogP contribution is -1.98. The highest BCUT2D eigenvalue weighted by atomic mass is 32.2. The summed E-state index contributed by atoms with van der Waals surface area (Å²) in [4.78, 5) is 4.58. The predicted octanol–water partition coefficient (Wildman–Crippen LogP) is 2.54. The molecule has 0 radical (unpaired) electrons. The van der Waals surface area contributed by atoms with Gasteiger partial charge in [0.25, 0.3) is 0 Å². The molecule has 0 aliphatic carbocycles. The summed E-state index contributed by atoms with van der Waals surface area (Å²) in [6.45, 7) is 0.822. The molecule has 6 heteroatoms. The first-order chi connectivity index (χ1) is 9.78. The maximum absolute atomic E-state index is 9.43. The number of benzene rings is 1. The molecule has 2 aromatic rings. The molecule has 0 unspecified atom stereocenters. The number of fused-ring (bicyclic) bond motifs is 1. The van der Waals surface area contributed by atoms with Crippen molar-refractivity contribution in [3.05, 3.63) is 23.9 Å². The Kier molecular flexibility index (Phi) is 3.28. The molecule has 1 aromatic carbocycles. The van der Waals surface area contributed by atoms with Crippen molar-refractivity contribution < 1.29 is 9.47 Å². The first-order valence-electron chi connectivity index (χ1n) is 6.14. The molecule has 20 heavy (non-hydrogen) atoms. The van der Waals surface area contributed by atoms with Crippen molar-refractivity contribution >= 4 is 11.8 Å². The zero-order chi connectivity index (χ0) is 14.1. The normalized spacial score (nSPS) is 12.8. The monoisotopic (exact) mass is 287 g/mol. The number of imidazole rings is 1. The van der Waals surface area contributed by atoms with E-state index in [0.29, 0.717) is 22.9 Å². The van der Waals surface area contributed by atoms with Gasteiger partial charge >= 0.3 is 0 Å². The van der Waals surface area contributed by atoms with Crippen LogP contribution in [-0.4, -0.2) is 29.5 Å². The zero-order valence-electron chi connectivity index (χ0n) is 11.2. The molecule has 0 atom stereocenters. The van der Waals surface area contributed by atoms with E-state index in [1.54, 1.807) is 26.0 Å². The molecular weight excluding hydrogens is 274 g/mol. The smallest absolute Gasteiger partial charge is 0.169 e. The zero-order valence-corrected chi connectivity index (χ0v) is 12.0. The lowest BCUT2D eigenvalue weighted by Gasteiger charge is -2.09. The second-order valence-electron chi connectivity index (χ2n) is 4.27. The SMILES string of the molecule is COc1ccc(OC)c(-c2nc3n(c2C#N)CCS3)c1. The quantitative estimate of drug-likeness (QED) is 0.868. The van der Waals surface area contributed by atoms with Gasteiger partial charge in [0.05, 0.1) is 14.2 Å². The van der Waals surface area contributed by atoms with E-state index in [-0.39, 0.29) is 0 Å². The molecule has 0 saturated heterocycles. The summed E-state index contributed by atoms with van der Waals surface area (Å²) in [6.07, 6.45) is 0. The van der Waals surface area contributed by atoms with Crippen LogP contribution in [0, 0.1) is 11.3 Å². The summed E-state index contributed by atoms with van der Waals surface area (Å²) < 4.78 is 12.6. The number of nitriles is 1. The molecule has 1 aliphatic rings. The van der Waals surface area contributed by atoms with E-state index in [4.69, 9.17) is 9.47 Å². The molecule has 0 saturated carbocycles. The Morgan fingerprint density at radius 3 is 2.90 bits per heavy atom. The molecule has 0 bridgehead atoms. The number of thioether (sulfide) groups is 1. The maximum atomic E-state index is 9.43. The Hall–Kier alpha value is -2.13. The van der Waals surface area contributed by atoms with Gasteiger partial charge in [-0.15, -0.1) is 0 Å². The van der Waals surface area contributed by atoms with Crippen LogP contribution in [0.4, 0.5) is 0 Å². The fraction of sp³-hybridized carbons (Fsp3) is 0.286. The van der Waals surface area contributed by atoms with Gasteiger partial charge in [-0.25, -0.2) is 4.98 Å². The fourth-order valence-electron chi connectivity index (χ4n) is 2.28. The number of aromatic nitrogens is 2. The fourth-order valence-corrected chi connectivity index (χ4v) is 3.23. The van der Waals surface area contributed by atoms with Crippen molar-refractivity contribution in [3.8, 4) is 28.8 Å². The average Bonchev–Trinajstić information content (AvgIpc) is 3.06. The number of rotatable bonds is 3. The summed E-state index contributed by atoms with van der Waals surface area (Å²) in [5.41, 5.74) is 2.02. The van der Waals surface area contributed by atoms with Crippen LogP contribution in [0.2, 0.25) is 0 Å². The van der Waals surface area contributed by atoms with Gasteiger partial charge in [-0.2, -0.15) is 5.26 Å². The van der Waals surface area contributed by atoms with Crippen molar-refractivity contribution in [3.63, 3.8) is 0 Å². The molecule has 1 aliphatic heterocycles. The van der Waals surface area contributed by atoms with E-state index in [1.807, 2.05) is 22.8 Å². The van der Waals surface area contributed by atoms with Crippen LogP contribution in [0.3, 0.4) is 0 Å². The molecule has 0 N–H and O–H groups in total. The summed E-state index contributed by atoms with van der Waals surface area (Å²) in [5, 5.41) is 10.3. The maximum Gasteiger partial charge on any atom is 0.169 e. The van der Waals surface area contributed by atoms with Crippen molar-refractivity contribution in [1.82, 2.24) is 9.55 Å². The standard InChI is InChI=1S/C14H13N3O2S/c1-18-9-3-4-12(19-2)10(7-9)13-11(8-15)17-5-6-20-14(17)16-13/h3-4,7H,5-6H2,1-2H3. The molecule has 0 spiro atoms. The molecule has 5 nitrogen and oxygen atoms in total.